The molecule has 0 spiro atoms. The van der Waals surface area contributed by atoms with E-state index in [0.717, 1.165) is 16.4 Å². The van der Waals surface area contributed by atoms with Gasteiger partial charge in [-0.05, 0) is 30.3 Å². The second-order valence-corrected chi connectivity index (χ2v) is 8.97. The molecule has 2 aromatic rings. The highest BCUT2D eigenvalue weighted by Crippen LogP contribution is 2.28. The Morgan fingerprint density at radius 2 is 1.72 bits per heavy atom. The van der Waals surface area contributed by atoms with Crippen LogP contribution in [0.4, 0.5) is 8.78 Å². The Balaban J connectivity index is 1.60. The summed E-state index contributed by atoms with van der Waals surface area (Å²) in [6.07, 6.45) is 0. The quantitative estimate of drug-likeness (QED) is 0.681. The van der Waals surface area contributed by atoms with Crippen LogP contribution in [0.2, 0.25) is 10.0 Å². The zero-order chi connectivity index (χ0) is 21.2. The third-order valence-corrected chi connectivity index (χ3v) is 6.81. The minimum atomic E-state index is -4.21. The third kappa shape index (κ3) is 4.98. The van der Waals surface area contributed by atoms with Crippen LogP contribution in [0.5, 0.6) is 5.75 Å². The van der Waals surface area contributed by atoms with Gasteiger partial charge in [-0.15, -0.1) is 0 Å². The Hall–Kier alpha value is -1.94. The number of rotatable bonds is 5. The summed E-state index contributed by atoms with van der Waals surface area (Å²) in [5, 5.41) is 0.704. The normalized spacial score (nSPS) is 15.4. The first-order valence-corrected chi connectivity index (χ1v) is 10.7. The van der Waals surface area contributed by atoms with Crippen LogP contribution in [0, 0.1) is 11.6 Å². The Kier molecular flexibility index (Phi) is 6.62. The molecule has 1 aliphatic heterocycles. The number of hydrogen-bond acceptors (Lipinski definition) is 4. The van der Waals surface area contributed by atoms with Gasteiger partial charge in [-0.3, -0.25) is 4.79 Å². The number of carbonyl (C=O) groups excluding carboxylic acids is 1. The molecule has 0 atom stereocenters. The van der Waals surface area contributed by atoms with E-state index in [1.165, 1.54) is 11.0 Å². The lowest BCUT2D eigenvalue weighted by molar-refractivity contribution is -0.134. The van der Waals surface area contributed by atoms with Gasteiger partial charge in [0, 0.05) is 37.3 Å². The molecular formula is C18H16Cl2F2N2O4S. The second-order valence-electron chi connectivity index (χ2n) is 6.22. The minimum Gasteiger partial charge on any atom is -0.482 e. The largest absolute Gasteiger partial charge is 0.482 e. The molecule has 0 N–H and O–H groups in total. The van der Waals surface area contributed by atoms with Gasteiger partial charge in [0.15, 0.2) is 6.61 Å². The molecule has 1 fully saturated rings. The summed E-state index contributed by atoms with van der Waals surface area (Å²) < 4.78 is 58.8. The van der Waals surface area contributed by atoms with Crippen molar-refractivity contribution in [2.45, 2.75) is 4.90 Å². The van der Waals surface area contributed by atoms with Crippen LogP contribution in [0.3, 0.4) is 0 Å². The van der Waals surface area contributed by atoms with Gasteiger partial charge < -0.3 is 9.64 Å². The van der Waals surface area contributed by atoms with Crippen molar-refractivity contribution in [3.63, 3.8) is 0 Å². The molecule has 1 aliphatic rings. The van der Waals surface area contributed by atoms with Crippen molar-refractivity contribution in [3.8, 4) is 5.75 Å². The van der Waals surface area contributed by atoms with Gasteiger partial charge >= 0.3 is 0 Å². The third-order valence-electron chi connectivity index (χ3n) is 4.35. The molecule has 1 amide bonds. The Morgan fingerprint density at radius 3 is 2.41 bits per heavy atom. The van der Waals surface area contributed by atoms with E-state index in [9.17, 15) is 22.0 Å². The monoisotopic (exact) mass is 464 g/mol. The van der Waals surface area contributed by atoms with Crippen LogP contribution in [0.15, 0.2) is 41.3 Å². The SMILES string of the molecule is O=C(COc1cc(Cl)ccc1Cl)N1CCN(S(=O)(=O)c2cc(F)ccc2F)CC1. The average Bonchev–Trinajstić information content (AvgIpc) is 2.70. The van der Waals surface area contributed by atoms with Crippen LogP contribution >= 0.6 is 23.2 Å². The first-order chi connectivity index (χ1) is 13.7. The van der Waals surface area contributed by atoms with E-state index in [4.69, 9.17) is 27.9 Å². The van der Waals surface area contributed by atoms with E-state index < -0.39 is 26.6 Å². The molecule has 11 heteroatoms. The fraction of sp³-hybridized carbons (Fsp3) is 0.278. The van der Waals surface area contributed by atoms with Gasteiger partial charge in [0.25, 0.3) is 5.91 Å². The predicted octanol–water partition coefficient (Wildman–Crippen LogP) is 3.18. The smallest absolute Gasteiger partial charge is 0.260 e. The van der Waals surface area contributed by atoms with Crippen LogP contribution in [-0.4, -0.2) is 56.3 Å². The highest BCUT2D eigenvalue weighted by Gasteiger charge is 2.32. The molecule has 0 bridgehead atoms. The number of ether oxygens (including phenoxy) is 1. The van der Waals surface area contributed by atoms with Gasteiger partial charge in [-0.2, -0.15) is 4.31 Å². The van der Waals surface area contributed by atoms with E-state index in [-0.39, 0.29) is 44.4 Å². The van der Waals surface area contributed by atoms with Crippen molar-refractivity contribution in [2.24, 2.45) is 0 Å². The maximum absolute atomic E-state index is 13.9. The number of hydrogen-bond donors (Lipinski definition) is 0. The summed E-state index contributed by atoms with van der Waals surface area (Å²) >= 11 is 11.8. The molecular weight excluding hydrogens is 449 g/mol. The lowest BCUT2D eigenvalue weighted by atomic mass is 10.3. The maximum Gasteiger partial charge on any atom is 0.260 e. The molecule has 0 aromatic heterocycles. The first-order valence-electron chi connectivity index (χ1n) is 8.49. The van der Waals surface area contributed by atoms with Crippen LogP contribution in [0.25, 0.3) is 0 Å². The van der Waals surface area contributed by atoms with Crippen LogP contribution < -0.4 is 4.74 Å². The molecule has 6 nitrogen and oxygen atoms in total. The Morgan fingerprint density at radius 1 is 1.03 bits per heavy atom. The maximum atomic E-state index is 13.9. The van der Waals surface area contributed by atoms with Gasteiger partial charge in [0.2, 0.25) is 10.0 Å². The Labute approximate surface area is 176 Å². The van der Waals surface area contributed by atoms with Gasteiger partial charge in [-0.25, -0.2) is 17.2 Å². The highest BCUT2D eigenvalue weighted by molar-refractivity contribution is 7.89. The molecule has 0 saturated carbocycles. The lowest BCUT2D eigenvalue weighted by Crippen LogP contribution is -2.51. The molecule has 156 valence electrons. The van der Waals surface area contributed by atoms with Crippen molar-refractivity contribution in [2.75, 3.05) is 32.8 Å². The van der Waals surface area contributed by atoms with Crippen molar-refractivity contribution in [1.29, 1.82) is 0 Å². The molecule has 29 heavy (non-hydrogen) atoms. The number of carbonyl (C=O) groups is 1. The zero-order valence-electron chi connectivity index (χ0n) is 14.9. The van der Waals surface area contributed by atoms with E-state index >= 15 is 0 Å². The number of sulfonamides is 1. The van der Waals surface area contributed by atoms with E-state index in [2.05, 4.69) is 0 Å². The number of amides is 1. The van der Waals surface area contributed by atoms with E-state index in [1.54, 1.807) is 12.1 Å². The van der Waals surface area contributed by atoms with Gasteiger partial charge in [-0.1, -0.05) is 23.2 Å². The fourth-order valence-corrected chi connectivity index (χ4v) is 4.64. The molecule has 0 radical (unpaired) electrons. The summed E-state index contributed by atoms with van der Waals surface area (Å²) in [5.41, 5.74) is 0. The molecule has 0 aliphatic carbocycles. The van der Waals surface area contributed by atoms with E-state index in [0.29, 0.717) is 16.1 Å². The molecule has 1 heterocycles. The number of nitrogens with zero attached hydrogens (tertiary/aromatic N) is 2. The fourth-order valence-electron chi connectivity index (χ4n) is 2.81. The molecule has 0 unspecified atom stereocenters. The minimum absolute atomic E-state index is 0.0536. The summed E-state index contributed by atoms with van der Waals surface area (Å²) in [5.74, 6) is -1.99. The lowest BCUT2D eigenvalue weighted by Gasteiger charge is -2.34. The summed E-state index contributed by atoms with van der Waals surface area (Å²) in [7, 11) is -4.21. The average molecular weight is 465 g/mol. The van der Waals surface area contributed by atoms with Crippen LogP contribution in [-0.2, 0) is 14.8 Å². The summed E-state index contributed by atoms with van der Waals surface area (Å²) in [6.45, 7) is -0.238. The van der Waals surface area contributed by atoms with Crippen molar-refractivity contribution < 1.29 is 26.7 Å². The molecule has 1 saturated heterocycles. The van der Waals surface area contributed by atoms with E-state index in [1.807, 2.05) is 0 Å². The Bertz CT molecular complexity index is 1030. The predicted molar refractivity (Wildman–Crippen MR) is 104 cm³/mol. The number of halogens is 4. The highest BCUT2D eigenvalue weighted by atomic mass is 35.5. The van der Waals surface area contributed by atoms with Crippen LogP contribution in [0.1, 0.15) is 0 Å². The summed E-state index contributed by atoms with van der Waals surface area (Å²) in [6, 6.07) is 6.86. The second kappa shape index (κ2) is 8.83. The summed E-state index contributed by atoms with van der Waals surface area (Å²) in [4.78, 5) is 13.0. The van der Waals surface area contributed by atoms with Gasteiger partial charge in [0.1, 0.15) is 22.3 Å². The number of piperazine rings is 1. The van der Waals surface area contributed by atoms with Crippen molar-refractivity contribution in [1.82, 2.24) is 9.21 Å². The topological polar surface area (TPSA) is 66.9 Å². The molecule has 3 rings (SSSR count). The van der Waals surface area contributed by atoms with Crippen molar-refractivity contribution >= 4 is 39.1 Å². The van der Waals surface area contributed by atoms with Crippen molar-refractivity contribution in [3.05, 3.63) is 58.1 Å². The number of benzene rings is 2. The standard InChI is InChI=1S/C18H16Cl2F2N2O4S/c19-12-1-3-14(20)16(9-12)28-11-18(25)23-5-7-24(8-6-23)29(26,27)17-10-13(21)2-4-15(17)22/h1-4,9-10H,5-8,11H2. The zero-order valence-corrected chi connectivity index (χ0v) is 17.3. The molecule has 2 aromatic carbocycles. The first kappa shape index (κ1) is 21.8. The van der Waals surface area contributed by atoms with Gasteiger partial charge in [0.05, 0.1) is 5.02 Å².